The third-order valence-corrected chi connectivity index (χ3v) is 4.82. The molecule has 3 amide bonds. The number of carbonyl (C=O) groups excluding carboxylic acids is 2. The summed E-state index contributed by atoms with van der Waals surface area (Å²) in [4.78, 5) is 26.3. The Bertz CT molecular complexity index is 477. The van der Waals surface area contributed by atoms with Crippen LogP contribution >= 0.6 is 23.7 Å². The van der Waals surface area contributed by atoms with Crippen molar-refractivity contribution < 1.29 is 9.59 Å². The minimum absolute atomic E-state index is 0. The predicted octanol–water partition coefficient (Wildman–Crippen LogP) is 1.48. The number of rotatable bonds is 5. The molecular weight excluding hydrogens is 324 g/mol. The molecule has 1 aromatic heterocycles. The van der Waals surface area contributed by atoms with Gasteiger partial charge in [-0.2, -0.15) is 0 Å². The number of urea groups is 1. The van der Waals surface area contributed by atoms with Crippen molar-refractivity contribution in [3.05, 3.63) is 22.4 Å². The van der Waals surface area contributed by atoms with Crippen LogP contribution in [0.3, 0.4) is 0 Å². The number of hydrogen-bond acceptors (Lipinski definition) is 4. The first-order valence-corrected chi connectivity index (χ1v) is 8.01. The van der Waals surface area contributed by atoms with Crippen molar-refractivity contribution in [3.63, 3.8) is 0 Å². The molecule has 0 radical (unpaired) electrons. The summed E-state index contributed by atoms with van der Waals surface area (Å²) in [5.41, 5.74) is 5.22. The van der Waals surface area contributed by atoms with Crippen LogP contribution in [0.15, 0.2) is 17.5 Å². The standard InChI is InChI=1S/C14H22N4O2S.ClH/c1-18(10-4-6-16-7-5-10)13(19)9-11(17-14(15)20)12-3-2-8-21-12;/h2-3,8,10-11,16H,4-7,9H2,1H3,(H3,15,17,20);1H. The molecule has 8 heteroatoms. The second-order valence-electron chi connectivity index (χ2n) is 5.27. The van der Waals surface area contributed by atoms with Crippen LogP contribution in [0.2, 0.25) is 0 Å². The highest BCUT2D eigenvalue weighted by molar-refractivity contribution is 7.10. The molecule has 1 aromatic rings. The molecule has 2 rings (SSSR count). The molecule has 2 heterocycles. The molecule has 1 aliphatic rings. The Morgan fingerprint density at radius 3 is 2.73 bits per heavy atom. The number of hydrogen-bond donors (Lipinski definition) is 3. The number of carbonyl (C=O) groups is 2. The average Bonchev–Trinajstić information content (AvgIpc) is 3.00. The van der Waals surface area contributed by atoms with Crippen LogP contribution in [0, 0.1) is 0 Å². The molecule has 1 unspecified atom stereocenters. The van der Waals surface area contributed by atoms with Crippen molar-refractivity contribution in [1.82, 2.24) is 15.5 Å². The molecule has 4 N–H and O–H groups in total. The van der Waals surface area contributed by atoms with Crippen LogP contribution in [0.5, 0.6) is 0 Å². The van der Waals surface area contributed by atoms with Crippen LogP contribution in [-0.4, -0.2) is 43.0 Å². The predicted molar refractivity (Wildman–Crippen MR) is 90.3 cm³/mol. The molecule has 1 saturated heterocycles. The van der Waals surface area contributed by atoms with Gasteiger partial charge in [0.2, 0.25) is 5.91 Å². The fourth-order valence-electron chi connectivity index (χ4n) is 2.60. The number of thiophene rings is 1. The maximum atomic E-state index is 12.4. The minimum atomic E-state index is -0.606. The third kappa shape index (κ3) is 5.15. The summed E-state index contributed by atoms with van der Waals surface area (Å²) in [6, 6.07) is 3.13. The number of amides is 3. The largest absolute Gasteiger partial charge is 0.352 e. The molecule has 0 aliphatic carbocycles. The fourth-order valence-corrected chi connectivity index (χ4v) is 3.38. The number of nitrogens with two attached hydrogens (primary N) is 1. The van der Waals surface area contributed by atoms with Crippen molar-refractivity contribution in [2.75, 3.05) is 20.1 Å². The van der Waals surface area contributed by atoms with Crippen LogP contribution in [0.1, 0.15) is 30.2 Å². The van der Waals surface area contributed by atoms with E-state index in [-0.39, 0.29) is 36.8 Å². The van der Waals surface area contributed by atoms with Gasteiger partial charge in [-0.15, -0.1) is 23.7 Å². The van der Waals surface area contributed by atoms with Crippen molar-refractivity contribution in [3.8, 4) is 0 Å². The van der Waals surface area contributed by atoms with Crippen molar-refractivity contribution >= 4 is 35.7 Å². The van der Waals surface area contributed by atoms with Gasteiger partial charge in [-0.25, -0.2) is 4.79 Å². The Kier molecular flexibility index (Phi) is 7.64. The monoisotopic (exact) mass is 346 g/mol. The van der Waals surface area contributed by atoms with Gasteiger partial charge in [0, 0.05) is 18.0 Å². The zero-order valence-electron chi connectivity index (χ0n) is 12.6. The van der Waals surface area contributed by atoms with Gasteiger partial charge in [0.05, 0.1) is 12.5 Å². The summed E-state index contributed by atoms with van der Waals surface area (Å²) in [5.74, 6) is 0.0362. The maximum Gasteiger partial charge on any atom is 0.312 e. The summed E-state index contributed by atoms with van der Waals surface area (Å²) in [5, 5.41) is 7.87. The Morgan fingerprint density at radius 1 is 1.50 bits per heavy atom. The third-order valence-electron chi connectivity index (χ3n) is 3.83. The van der Waals surface area contributed by atoms with Gasteiger partial charge in [0.1, 0.15) is 0 Å². The van der Waals surface area contributed by atoms with E-state index in [9.17, 15) is 9.59 Å². The first-order valence-electron chi connectivity index (χ1n) is 7.13. The van der Waals surface area contributed by atoms with Gasteiger partial charge in [0.15, 0.2) is 0 Å². The summed E-state index contributed by atoms with van der Waals surface area (Å²) in [7, 11) is 1.84. The highest BCUT2D eigenvalue weighted by Crippen LogP contribution is 2.23. The van der Waals surface area contributed by atoms with E-state index in [0.29, 0.717) is 0 Å². The molecule has 0 bridgehead atoms. The van der Waals surface area contributed by atoms with Crippen LogP contribution in [0.4, 0.5) is 4.79 Å². The highest BCUT2D eigenvalue weighted by atomic mass is 35.5. The van der Waals surface area contributed by atoms with Gasteiger partial charge in [-0.05, 0) is 37.4 Å². The lowest BCUT2D eigenvalue weighted by molar-refractivity contribution is -0.132. The minimum Gasteiger partial charge on any atom is -0.352 e. The molecule has 0 aromatic carbocycles. The van der Waals surface area contributed by atoms with Gasteiger partial charge in [-0.1, -0.05) is 6.07 Å². The van der Waals surface area contributed by atoms with Crippen molar-refractivity contribution in [1.29, 1.82) is 0 Å². The molecule has 0 spiro atoms. The lowest BCUT2D eigenvalue weighted by Gasteiger charge is -2.32. The molecular formula is C14H23ClN4O2S. The highest BCUT2D eigenvalue weighted by Gasteiger charge is 2.25. The van der Waals surface area contributed by atoms with E-state index >= 15 is 0 Å². The lowest BCUT2D eigenvalue weighted by atomic mass is 10.0. The smallest absolute Gasteiger partial charge is 0.312 e. The zero-order valence-corrected chi connectivity index (χ0v) is 14.2. The summed E-state index contributed by atoms with van der Waals surface area (Å²) >= 11 is 1.51. The van der Waals surface area contributed by atoms with E-state index < -0.39 is 6.03 Å². The fraction of sp³-hybridized carbons (Fsp3) is 0.571. The van der Waals surface area contributed by atoms with Gasteiger partial charge < -0.3 is 21.3 Å². The van der Waals surface area contributed by atoms with Crippen LogP contribution in [0.25, 0.3) is 0 Å². The maximum absolute atomic E-state index is 12.4. The molecule has 0 saturated carbocycles. The molecule has 1 fully saturated rings. The number of halogens is 1. The number of primary amides is 1. The molecule has 22 heavy (non-hydrogen) atoms. The Labute approximate surface area is 140 Å². The lowest BCUT2D eigenvalue weighted by Crippen LogP contribution is -2.45. The van der Waals surface area contributed by atoms with Gasteiger partial charge >= 0.3 is 6.03 Å². The van der Waals surface area contributed by atoms with Crippen molar-refractivity contribution in [2.45, 2.75) is 31.3 Å². The van der Waals surface area contributed by atoms with Gasteiger partial charge in [-0.3, -0.25) is 4.79 Å². The molecule has 124 valence electrons. The number of nitrogens with zero attached hydrogens (tertiary/aromatic N) is 1. The summed E-state index contributed by atoms with van der Waals surface area (Å²) in [6.45, 7) is 1.88. The first-order chi connectivity index (χ1) is 10.1. The number of piperidine rings is 1. The Morgan fingerprint density at radius 2 is 2.18 bits per heavy atom. The summed E-state index contributed by atoms with van der Waals surface area (Å²) < 4.78 is 0. The van der Waals surface area contributed by atoms with E-state index in [0.717, 1.165) is 30.8 Å². The second kappa shape index (κ2) is 8.97. The quantitative estimate of drug-likeness (QED) is 0.754. The van der Waals surface area contributed by atoms with E-state index in [1.165, 1.54) is 11.3 Å². The molecule has 6 nitrogen and oxygen atoms in total. The summed E-state index contributed by atoms with van der Waals surface area (Å²) in [6.07, 6.45) is 2.17. The normalized spacial score (nSPS) is 16.4. The second-order valence-corrected chi connectivity index (χ2v) is 6.25. The van der Waals surface area contributed by atoms with Crippen LogP contribution < -0.4 is 16.4 Å². The van der Waals surface area contributed by atoms with E-state index in [1.54, 1.807) is 0 Å². The van der Waals surface area contributed by atoms with Crippen molar-refractivity contribution in [2.24, 2.45) is 5.73 Å². The topological polar surface area (TPSA) is 87.5 Å². The average molecular weight is 347 g/mol. The van der Waals surface area contributed by atoms with Crippen LogP contribution in [-0.2, 0) is 4.79 Å². The Balaban J connectivity index is 0.00000242. The molecule has 1 aliphatic heterocycles. The first kappa shape index (κ1) is 18.7. The van der Waals surface area contributed by atoms with E-state index in [4.69, 9.17) is 5.73 Å². The SMILES string of the molecule is CN(C(=O)CC(NC(N)=O)c1cccs1)C1CCNCC1.Cl. The van der Waals surface area contributed by atoms with E-state index in [2.05, 4.69) is 10.6 Å². The Hall–Kier alpha value is -1.31. The zero-order chi connectivity index (χ0) is 15.2. The molecule has 1 atom stereocenters. The van der Waals surface area contributed by atoms with Gasteiger partial charge in [0.25, 0.3) is 0 Å². The van der Waals surface area contributed by atoms with E-state index in [1.807, 2.05) is 29.5 Å². The number of nitrogens with one attached hydrogen (secondary N) is 2.